The van der Waals surface area contributed by atoms with Crippen molar-refractivity contribution in [3.05, 3.63) is 112 Å². The number of carboxylic acid groups (broad SMARTS) is 1. The molecule has 34 heavy (non-hydrogen) atoms. The number of nitrogens with one attached hydrogen (secondary N) is 1. The van der Waals surface area contributed by atoms with Crippen LogP contribution in [0.15, 0.2) is 78.9 Å². The first-order valence-electron chi connectivity index (χ1n) is 11.1. The van der Waals surface area contributed by atoms with Crippen molar-refractivity contribution < 1.29 is 24.5 Å². The average Bonchev–Trinajstić information content (AvgIpc) is 3.34. The molecule has 1 atom stereocenters. The minimum Gasteiger partial charge on any atom is -0.478 e. The molecule has 3 N–H and O–H groups in total. The Morgan fingerprint density at radius 1 is 0.853 bits per heavy atom. The van der Waals surface area contributed by atoms with Gasteiger partial charge in [-0.25, -0.2) is 9.59 Å². The van der Waals surface area contributed by atoms with Gasteiger partial charge < -0.3 is 20.3 Å². The molecule has 5 rings (SSSR count). The quantitative estimate of drug-likeness (QED) is 0.358. The van der Waals surface area contributed by atoms with Crippen LogP contribution in [0.2, 0.25) is 0 Å². The van der Waals surface area contributed by atoms with Gasteiger partial charge >= 0.3 is 11.9 Å². The Morgan fingerprint density at radius 2 is 1.59 bits per heavy atom. The molecule has 0 fully saturated rings. The fraction of sp³-hybridized carbons (Fsp3) is 0.143. The Hall–Kier alpha value is -4.16. The van der Waals surface area contributed by atoms with Crippen LogP contribution in [0.4, 0.5) is 5.69 Å². The number of carbonyl (C=O) groups is 2. The number of benzene rings is 4. The maximum atomic E-state index is 12.7. The lowest BCUT2D eigenvalue weighted by Crippen LogP contribution is -2.05. The number of aliphatic hydroxyl groups is 1. The van der Waals surface area contributed by atoms with E-state index in [9.17, 15) is 14.7 Å². The van der Waals surface area contributed by atoms with Gasteiger partial charge in [-0.3, -0.25) is 0 Å². The summed E-state index contributed by atoms with van der Waals surface area (Å²) in [6.45, 7) is 1.13. The molecule has 6 nitrogen and oxygen atoms in total. The molecule has 1 unspecified atom stereocenters. The molecular formula is C28H23NO5. The molecule has 1 heterocycles. The number of hydrogen-bond donors (Lipinski definition) is 3. The van der Waals surface area contributed by atoms with Crippen molar-refractivity contribution in [2.24, 2.45) is 0 Å². The lowest BCUT2D eigenvalue weighted by molar-refractivity contribution is 0.0472. The van der Waals surface area contributed by atoms with E-state index in [0.717, 1.165) is 35.0 Å². The van der Waals surface area contributed by atoms with Crippen molar-refractivity contribution in [1.29, 1.82) is 0 Å². The van der Waals surface area contributed by atoms with E-state index in [1.165, 1.54) is 17.7 Å². The molecular weight excluding hydrogens is 430 g/mol. The number of carbonyl (C=O) groups excluding carboxylic acids is 1. The molecule has 0 saturated heterocycles. The van der Waals surface area contributed by atoms with Crippen LogP contribution in [-0.2, 0) is 17.8 Å². The monoisotopic (exact) mass is 453 g/mol. The number of anilines is 1. The van der Waals surface area contributed by atoms with Crippen molar-refractivity contribution in [2.75, 3.05) is 11.9 Å². The normalized spacial score (nSPS) is 13.2. The number of rotatable bonds is 6. The molecule has 0 radical (unpaired) electrons. The van der Waals surface area contributed by atoms with Crippen molar-refractivity contribution in [1.82, 2.24) is 0 Å². The first kappa shape index (κ1) is 21.7. The third kappa shape index (κ3) is 4.36. The average molecular weight is 453 g/mol. The Balaban J connectivity index is 1.33. The van der Waals surface area contributed by atoms with Crippen molar-refractivity contribution in [3.63, 3.8) is 0 Å². The number of hydrogen-bond acceptors (Lipinski definition) is 5. The molecule has 0 aromatic heterocycles. The fourth-order valence-electron chi connectivity index (χ4n) is 4.24. The first-order chi connectivity index (χ1) is 16.5. The van der Waals surface area contributed by atoms with Crippen molar-refractivity contribution in [2.45, 2.75) is 19.1 Å². The third-order valence-electron chi connectivity index (χ3n) is 6.14. The summed E-state index contributed by atoms with van der Waals surface area (Å²) in [6.07, 6.45) is 0.0526. The minimum absolute atomic E-state index is 0.161. The summed E-state index contributed by atoms with van der Waals surface area (Å²) in [5.41, 5.74) is 5.17. The van der Waals surface area contributed by atoms with E-state index in [4.69, 9.17) is 9.84 Å². The number of carboxylic acids is 1. The zero-order chi connectivity index (χ0) is 23.7. The third-order valence-corrected chi connectivity index (χ3v) is 6.14. The zero-order valence-corrected chi connectivity index (χ0v) is 18.3. The van der Waals surface area contributed by atoms with E-state index in [0.29, 0.717) is 16.7 Å². The fourth-order valence-corrected chi connectivity index (χ4v) is 4.24. The maximum Gasteiger partial charge on any atom is 0.338 e. The van der Waals surface area contributed by atoms with Gasteiger partial charge in [-0.15, -0.1) is 0 Å². The second kappa shape index (κ2) is 9.00. The van der Waals surface area contributed by atoms with Gasteiger partial charge in [0, 0.05) is 12.2 Å². The Kier molecular flexibility index (Phi) is 5.74. The molecule has 0 amide bonds. The first-order valence-corrected chi connectivity index (χ1v) is 11.1. The molecule has 0 aliphatic carbocycles. The summed E-state index contributed by atoms with van der Waals surface area (Å²) in [5, 5.41) is 24.9. The number of esters is 1. The lowest BCUT2D eigenvalue weighted by atomic mass is 9.97. The number of ether oxygens (including phenoxy) is 1. The van der Waals surface area contributed by atoms with Crippen LogP contribution >= 0.6 is 0 Å². The van der Waals surface area contributed by atoms with Crippen LogP contribution in [-0.4, -0.2) is 28.7 Å². The lowest BCUT2D eigenvalue weighted by Gasteiger charge is -2.13. The summed E-state index contributed by atoms with van der Waals surface area (Å²) in [6, 6.07) is 23.0. The van der Waals surface area contributed by atoms with E-state index in [1.807, 2.05) is 36.4 Å². The summed E-state index contributed by atoms with van der Waals surface area (Å²) in [4.78, 5) is 23.7. The highest BCUT2D eigenvalue weighted by Gasteiger charge is 2.15. The van der Waals surface area contributed by atoms with Crippen LogP contribution in [0.1, 0.15) is 49.1 Å². The highest BCUT2D eigenvalue weighted by molar-refractivity contribution is 5.95. The van der Waals surface area contributed by atoms with Gasteiger partial charge in [-0.1, -0.05) is 42.5 Å². The molecule has 0 spiro atoms. The van der Waals surface area contributed by atoms with Gasteiger partial charge in [0.15, 0.2) is 0 Å². The van der Waals surface area contributed by atoms with E-state index in [-0.39, 0.29) is 12.2 Å². The Morgan fingerprint density at radius 3 is 2.38 bits per heavy atom. The van der Waals surface area contributed by atoms with Gasteiger partial charge in [-0.05, 0) is 75.8 Å². The summed E-state index contributed by atoms with van der Waals surface area (Å²) in [5.74, 6) is -1.42. The van der Waals surface area contributed by atoms with Gasteiger partial charge in [0.05, 0.1) is 11.1 Å². The largest absolute Gasteiger partial charge is 0.478 e. The highest BCUT2D eigenvalue weighted by atomic mass is 16.5. The number of aromatic carboxylic acids is 1. The Labute approximate surface area is 196 Å². The molecule has 1 aliphatic rings. The van der Waals surface area contributed by atoms with E-state index >= 15 is 0 Å². The zero-order valence-electron chi connectivity index (χ0n) is 18.3. The van der Waals surface area contributed by atoms with E-state index in [1.54, 1.807) is 24.3 Å². The van der Waals surface area contributed by atoms with Gasteiger partial charge in [0.2, 0.25) is 0 Å². The van der Waals surface area contributed by atoms with Crippen molar-refractivity contribution in [3.8, 4) is 0 Å². The van der Waals surface area contributed by atoms with Gasteiger partial charge in [0.1, 0.15) is 12.7 Å². The second-order valence-corrected chi connectivity index (χ2v) is 8.40. The van der Waals surface area contributed by atoms with Crippen LogP contribution in [0.25, 0.3) is 10.8 Å². The topological polar surface area (TPSA) is 95.9 Å². The predicted molar refractivity (Wildman–Crippen MR) is 129 cm³/mol. The summed E-state index contributed by atoms with van der Waals surface area (Å²) in [7, 11) is 0. The predicted octanol–water partition coefficient (Wildman–Crippen LogP) is 4.94. The molecule has 6 heteroatoms. The van der Waals surface area contributed by atoms with E-state index < -0.39 is 18.0 Å². The molecule has 170 valence electrons. The number of aliphatic hydroxyl groups excluding tert-OH is 1. The van der Waals surface area contributed by atoms with Crippen LogP contribution in [0.5, 0.6) is 0 Å². The van der Waals surface area contributed by atoms with E-state index in [2.05, 4.69) is 11.4 Å². The molecule has 0 bridgehead atoms. The van der Waals surface area contributed by atoms with Gasteiger partial charge in [0.25, 0.3) is 0 Å². The van der Waals surface area contributed by atoms with Crippen molar-refractivity contribution >= 4 is 28.4 Å². The Bertz CT molecular complexity index is 1390. The summed E-state index contributed by atoms with van der Waals surface area (Å²) < 4.78 is 5.54. The van der Waals surface area contributed by atoms with Crippen LogP contribution < -0.4 is 5.32 Å². The maximum absolute atomic E-state index is 12.7. The van der Waals surface area contributed by atoms with Crippen LogP contribution in [0, 0.1) is 0 Å². The molecule has 4 aromatic rings. The molecule has 0 saturated carbocycles. The van der Waals surface area contributed by atoms with Crippen LogP contribution in [0.3, 0.4) is 0 Å². The smallest absolute Gasteiger partial charge is 0.338 e. The second-order valence-electron chi connectivity index (χ2n) is 8.40. The summed E-state index contributed by atoms with van der Waals surface area (Å²) >= 11 is 0. The number of fused-ring (bicyclic) bond motifs is 2. The molecule has 1 aliphatic heterocycles. The minimum atomic E-state index is -1.01. The van der Waals surface area contributed by atoms with Gasteiger partial charge in [-0.2, -0.15) is 0 Å². The highest BCUT2D eigenvalue weighted by Crippen LogP contribution is 2.27. The molecule has 4 aromatic carbocycles. The standard InChI is InChI=1S/C28H23NO5/c30-26(19-4-6-20(7-5-19)27(31)32)22-8-2-18-3-9-23(15-24(18)14-22)28(33)34-16-17-1-10-25-21(13-17)11-12-29-25/h1-10,13-15,26,29-30H,11-12,16H2,(H,31,32). The SMILES string of the molecule is O=C(O)c1ccc(C(O)c2ccc3ccc(C(=O)OCc4ccc5c(c4)CCN5)cc3c2)cc1.